The SMILES string of the molecule is CC(CC(=O)Oc1oc(C=O)c(Cl)c1Cl)C(=O)Oc1oc(C=O)c(Cl)c1Cl. The van der Waals surface area contributed by atoms with Crippen molar-refractivity contribution in [2.75, 3.05) is 0 Å². The Morgan fingerprint density at radius 3 is 1.74 bits per heavy atom. The standard InChI is InChI=1S/C15H8Cl4O8/c1-5(13(23)27-15-12(19)10(17)7(4-21)25-15)2-8(22)26-14-11(18)9(16)6(3-20)24-14/h3-5H,2H2,1H3. The maximum absolute atomic E-state index is 12.0. The highest BCUT2D eigenvalue weighted by molar-refractivity contribution is 6.44. The Labute approximate surface area is 171 Å². The van der Waals surface area contributed by atoms with E-state index < -0.39 is 36.2 Å². The van der Waals surface area contributed by atoms with Crippen LogP contribution in [0.5, 0.6) is 11.9 Å². The monoisotopic (exact) mass is 456 g/mol. The van der Waals surface area contributed by atoms with E-state index in [9.17, 15) is 19.2 Å². The lowest BCUT2D eigenvalue weighted by atomic mass is 10.1. The molecule has 0 N–H and O–H groups in total. The number of furan rings is 2. The maximum atomic E-state index is 12.0. The highest BCUT2D eigenvalue weighted by Crippen LogP contribution is 2.38. The zero-order valence-electron chi connectivity index (χ0n) is 13.2. The first-order chi connectivity index (χ1) is 12.7. The van der Waals surface area contributed by atoms with Crippen LogP contribution in [0, 0.1) is 5.92 Å². The van der Waals surface area contributed by atoms with E-state index >= 15 is 0 Å². The molecule has 144 valence electrons. The van der Waals surface area contributed by atoms with E-state index in [1.54, 1.807) is 0 Å². The molecule has 2 rings (SSSR count). The van der Waals surface area contributed by atoms with Crippen molar-refractivity contribution >= 4 is 70.9 Å². The molecule has 2 heterocycles. The second-order valence-corrected chi connectivity index (χ2v) is 6.51. The van der Waals surface area contributed by atoms with Crippen molar-refractivity contribution in [2.24, 2.45) is 5.92 Å². The Kier molecular flexibility index (Phi) is 6.94. The van der Waals surface area contributed by atoms with Crippen molar-refractivity contribution in [1.82, 2.24) is 0 Å². The van der Waals surface area contributed by atoms with Crippen LogP contribution in [0.3, 0.4) is 0 Å². The molecule has 0 aliphatic heterocycles. The lowest BCUT2D eigenvalue weighted by Gasteiger charge is -2.08. The number of hydrogen-bond donors (Lipinski definition) is 0. The molecule has 12 heteroatoms. The molecule has 0 amide bonds. The lowest BCUT2D eigenvalue weighted by molar-refractivity contribution is -0.145. The van der Waals surface area contributed by atoms with E-state index in [1.807, 2.05) is 0 Å². The van der Waals surface area contributed by atoms with Crippen LogP contribution >= 0.6 is 46.4 Å². The van der Waals surface area contributed by atoms with Gasteiger partial charge in [-0.2, -0.15) is 0 Å². The predicted octanol–water partition coefficient (Wildman–Crippen LogP) is 4.65. The molecule has 0 aromatic carbocycles. The number of aldehydes is 2. The van der Waals surface area contributed by atoms with Gasteiger partial charge in [-0.1, -0.05) is 53.3 Å². The highest BCUT2D eigenvalue weighted by atomic mass is 35.5. The highest BCUT2D eigenvalue weighted by Gasteiger charge is 2.27. The number of halogens is 4. The molecule has 1 atom stereocenters. The summed E-state index contributed by atoms with van der Waals surface area (Å²) in [6, 6.07) is 0. The van der Waals surface area contributed by atoms with E-state index in [4.69, 9.17) is 64.7 Å². The van der Waals surface area contributed by atoms with E-state index in [0.29, 0.717) is 0 Å². The smallest absolute Gasteiger partial charge is 0.317 e. The van der Waals surface area contributed by atoms with E-state index in [2.05, 4.69) is 0 Å². The summed E-state index contributed by atoms with van der Waals surface area (Å²) in [7, 11) is 0. The normalized spacial score (nSPS) is 11.7. The Balaban J connectivity index is 2.01. The minimum atomic E-state index is -1.01. The van der Waals surface area contributed by atoms with Gasteiger partial charge in [0.25, 0.3) is 0 Å². The number of carbonyl (C=O) groups is 4. The molecule has 0 bridgehead atoms. The topological polar surface area (TPSA) is 113 Å². The summed E-state index contributed by atoms with van der Waals surface area (Å²) in [5.41, 5.74) is 0. The molecule has 0 aliphatic rings. The first-order valence-corrected chi connectivity index (χ1v) is 8.49. The molecule has 0 saturated carbocycles. The van der Waals surface area contributed by atoms with Gasteiger partial charge in [-0.05, 0) is 0 Å². The molecule has 0 saturated heterocycles. The van der Waals surface area contributed by atoms with Gasteiger partial charge in [0, 0.05) is 0 Å². The summed E-state index contributed by atoms with van der Waals surface area (Å²) in [6.45, 7) is 1.36. The lowest BCUT2D eigenvalue weighted by Crippen LogP contribution is -2.22. The van der Waals surface area contributed by atoms with Crippen LogP contribution in [0.4, 0.5) is 0 Å². The van der Waals surface area contributed by atoms with Crippen molar-refractivity contribution in [1.29, 1.82) is 0 Å². The average Bonchev–Trinajstić information content (AvgIpc) is 3.06. The Morgan fingerprint density at radius 2 is 1.33 bits per heavy atom. The Bertz CT molecular complexity index is 914. The van der Waals surface area contributed by atoms with E-state index in [0.717, 1.165) is 0 Å². The zero-order chi connectivity index (χ0) is 20.3. The molecule has 2 aromatic heterocycles. The summed E-state index contributed by atoms with van der Waals surface area (Å²) in [6.07, 6.45) is 0.131. The van der Waals surface area contributed by atoms with Crippen molar-refractivity contribution in [3.8, 4) is 11.9 Å². The summed E-state index contributed by atoms with van der Waals surface area (Å²) < 4.78 is 19.5. The third-order valence-corrected chi connectivity index (χ3v) is 4.70. The summed E-state index contributed by atoms with van der Waals surface area (Å²) in [4.78, 5) is 45.4. The van der Waals surface area contributed by atoms with Crippen LogP contribution in [0.2, 0.25) is 20.1 Å². The van der Waals surface area contributed by atoms with Gasteiger partial charge in [-0.25, -0.2) is 0 Å². The summed E-state index contributed by atoms with van der Waals surface area (Å²) >= 11 is 23.0. The van der Waals surface area contributed by atoms with Gasteiger partial charge in [0.15, 0.2) is 24.1 Å². The fraction of sp³-hybridized carbons (Fsp3) is 0.200. The van der Waals surface area contributed by atoms with Gasteiger partial charge < -0.3 is 18.3 Å². The van der Waals surface area contributed by atoms with Crippen molar-refractivity contribution in [3.05, 3.63) is 31.6 Å². The van der Waals surface area contributed by atoms with E-state index in [-0.39, 0.29) is 44.2 Å². The molecule has 2 aromatic rings. The molecular weight excluding hydrogens is 450 g/mol. The first kappa shape index (κ1) is 21.3. The minimum Gasteiger partial charge on any atom is -0.420 e. The molecule has 27 heavy (non-hydrogen) atoms. The molecule has 8 nitrogen and oxygen atoms in total. The quantitative estimate of drug-likeness (QED) is 0.436. The van der Waals surface area contributed by atoms with Crippen LogP contribution in [-0.4, -0.2) is 24.5 Å². The third-order valence-electron chi connectivity index (χ3n) is 3.07. The van der Waals surface area contributed by atoms with Gasteiger partial charge in [-0.3, -0.25) is 19.2 Å². The first-order valence-electron chi connectivity index (χ1n) is 6.97. The van der Waals surface area contributed by atoms with Crippen molar-refractivity contribution in [3.63, 3.8) is 0 Å². The number of hydrogen-bond acceptors (Lipinski definition) is 8. The van der Waals surface area contributed by atoms with Crippen LogP contribution in [0.25, 0.3) is 0 Å². The second-order valence-electron chi connectivity index (χ2n) is 5.00. The number of rotatable bonds is 7. The van der Waals surface area contributed by atoms with Crippen LogP contribution in [0.1, 0.15) is 34.5 Å². The Hall–Kier alpha value is -2.00. The molecule has 0 aliphatic carbocycles. The fourth-order valence-electron chi connectivity index (χ4n) is 1.73. The van der Waals surface area contributed by atoms with Crippen LogP contribution in [-0.2, 0) is 9.59 Å². The largest absolute Gasteiger partial charge is 0.420 e. The van der Waals surface area contributed by atoms with Gasteiger partial charge in [-0.15, -0.1) is 0 Å². The average molecular weight is 458 g/mol. The number of ether oxygens (including phenoxy) is 2. The molecule has 0 spiro atoms. The van der Waals surface area contributed by atoms with Gasteiger partial charge in [0.2, 0.25) is 0 Å². The Morgan fingerprint density at radius 1 is 0.889 bits per heavy atom. The molecular formula is C15H8Cl4O8. The summed E-state index contributed by atoms with van der Waals surface area (Å²) in [5, 5.41) is -0.949. The van der Waals surface area contributed by atoms with Crippen LogP contribution < -0.4 is 9.47 Å². The van der Waals surface area contributed by atoms with Crippen molar-refractivity contribution < 1.29 is 37.5 Å². The van der Waals surface area contributed by atoms with Gasteiger partial charge in [0.05, 0.1) is 12.3 Å². The molecule has 1 unspecified atom stereocenters. The number of carbonyl (C=O) groups excluding carboxylic acids is 4. The maximum Gasteiger partial charge on any atom is 0.317 e. The van der Waals surface area contributed by atoms with Crippen molar-refractivity contribution in [2.45, 2.75) is 13.3 Å². The molecule has 0 radical (unpaired) electrons. The fourth-order valence-corrected chi connectivity index (χ4v) is 2.39. The predicted molar refractivity (Wildman–Crippen MR) is 93.3 cm³/mol. The zero-order valence-corrected chi connectivity index (χ0v) is 16.2. The molecule has 0 fully saturated rings. The number of esters is 2. The van der Waals surface area contributed by atoms with Gasteiger partial charge >= 0.3 is 23.8 Å². The third kappa shape index (κ3) is 4.65. The van der Waals surface area contributed by atoms with Gasteiger partial charge in [0.1, 0.15) is 20.1 Å². The summed E-state index contributed by atoms with van der Waals surface area (Å²) in [5.74, 6) is -4.42. The van der Waals surface area contributed by atoms with Crippen LogP contribution in [0.15, 0.2) is 8.83 Å². The second kappa shape index (κ2) is 8.79. The minimum absolute atomic E-state index is 0.211. The van der Waals surface area contributed by atoms with E-state index in [1.165, 1.54) is 6.92 Å².